The highest BCUT2D eigenvalue weighted by molar-refractivity contribution is 6.01. The number of aromatic amines is 1. The van der Waals surface area contributed by atoms with Crippen molar-refractivity contribution in [2.75, 3.05) is 5.32 Å². The van der Waals surface area contributed by atoms with E-state index in [0.29, 0.717) is 0 Å². The van der Waals surface area contributed by atoms with E-state index in [9.17, 15) is 9.59 Å². The van der Waals surface area contributed by atoms with E-state index in [2.05, 4.69) is 10.3 Å². The van der Waals surface area contributed by atoms with Gasteiger partial charge in [-0.3, -0.25) is 9.59 Å². The zero-order valence-electron chi connectivity index (χ0n) is 9.13. The molecule has 0 aliphatic heterocycles. The van der Waals surface area contributed by atoms with E-state index >= 15 is 0 Å². The first-order valence-electron chi connectivity index (χ1n) is 4.98. The standard InChI is InChI=1S/C12H12N2O2/c1-7-6-11(16)14-10-5-3-4-9(12(7)10)13-8(2)15/h3-6H,1-2H3,(H,13,15)(H,14,16). The van der Waals surface area contributed by atoms with Crippen LogP contribution in [0, 0.1) is 6.92 Å². The van der Waals surface area contributed by atoms with Crippen LogP contribution in [0.3, 0.4) is 0 Å². The molecule has 0 unspecified atom stereocenters. The number of amides is 1. The summed E-state index contributed by atoms with van der Waals surface area (Å²) in [5, 5.41) is 3.62. The van der Waals surface area contributed by atoms with E-state index in [1.165, 1.54) is 13.0 Å². The first-order chi connectivity index (χ1) is 7.58. The maximum Gasteiger partial charge on any atom is 0.248 e. The summed E-state index contributed by atoms with van der Waals surface area (Å²) in [6.45, 7) is 3.31. The number of carbonyl (C=O) groups is 1. The van der Waals surface area contributed by atoms with Gasteiger partial charge in [-0.2, -0.15) is 0 Å². The molecule has 2 N–H and O–H groups in total. The van der Waals surface area contributed by atoms with E-state index in [4.69, 9.17) is 0 Å². The summed E-state index contributed by atoms with van der Waals surface area (Å²) >= 11 is 0. The van der Waals surface area contributed by atoms with Gasteiger partial charge in [-0.15, -0.1) is 0 Å². The Morgan fingerprint density at radius 2 is 2.12 bits per heavy atom. The van der Waals surface area contributed by atoms with Crippen LogP contribution in [0.25, 0.3) is 10.9 Å². The van der Waals surface area contributed by atoms with Crippen LogP contribution in [0.15, 0.2) is 29.1 Å². The molecule has 1 amide bonds. The van der Waals surface area contributed by atoms with Crippen LogP contribution < -0.4 is 10.9 Å². The molecule has 1 heterocycles. The Hall–Kier alpha value is -2.10. The third-order valence-corrected chi connectivity index (χ3v) is 2.37. The molecular formula is C12H12N2O2. The third kappa shape index (κ3) is 1.82. The Balaban J connectivity index is 2.76. The zero-order chi connectivity index (χ0) is 11.7. The molecule has 1 aromatic carbocycles. The fourth-order valence-corrected chi connectivity index (χ4v) is 1.81. The SMILES string of the molecule is CC(=O)Nc1cccc2[nH]c(=O)cc(C)c12. The fourth-order valence-electron chi connectivity index (χ4n) is 1.81. The molecule has 4 heteroatoms. The maximum atomic E-state index is 11.3. The second kappa shape index (κ2) is 3.81. The van der Waals surface area contributed by atoms with Crippen LogP contribution in [-0.4, -0.2) is 10.9 Å². The number of carbonyl (C=O) groups excluding carboxylic acids is 1. The Bertz CT molecular complexity index is 614. The van der Waals surface area contributed by atoms with Crippen LogP contribution in [0.4, 0.5) is 5.69 Å². The first-order valence-corrected chi connectivity index (χ1v) is 4.98. The number of anilines is 1. The fraction of sp³-hybridized carbons (Fsp3) is 0.167. The summed E-state index contributed by atoms with van der Waals surface area (Å²) in [5.74, 6) is -0.127. The number of rotatable bonds is 1. The molecule has 0 radical (unpaired) electrons. The molecule has 2 rings (SSSR count). The predicted molar refractivity (Wildman–Crippen MR) is 63.6 cm³/mol. The molecule has 82 valence electrons. The molecule has 0 aliphatic carbocycles. The summed E-state index contributed by atoms with van der Waals surface area (Å²) in [6.07, 6.45) is 0. The Morgan fingerprint density at radius 3 is 2.81 bits per heavy atom. The van der Waals surface area contributed by atoms with Crippen LogP contribution in [-0.2, 0) is 4.79 Å². The zero-order valence-corrected chi connectivity index (χ0v) is 9.13. The Kier molecular flexibility index (Phi) is 2.48. The second-order valence-corrected chi connectivity index (χ2v) is 3.73. The number of pyridine rings is 1. The average Bonchev–Trinajstić information content (AvgIpc) is 2.15. The highest BCUT2D eigenvalue weighted by Gasteiger charge is 2.05. The molecule has 0 saturated heterocycles. The minimum absolute atomic E-state index is 0.127. The van der Waals surface area contributed by atoms with Crippen molar-refractivity contribution in [1.29, 1.82) is 0 Å². The number of hydrogen-bond donors (Lipinski definition) is 2. The van der Waals surface area contributed by atoms with Gasteiger partial charge in [0.15, 0.2) is 0 Å². The van der Waals surface area contributed by atoms with Crippen molar-refractivity contribution < 1.29 is 4.79 Å². The lowest BCUT2D eigenvalue weighted by Gasteiger charge is -2.08. The largest absolute Gasteiger partial charge is 0.326 e. The maximum absolute atomic E-state index is 11.3. The summed E-state index contributed by atoms with van der Waals surface area (Å²) < 4.78 is 0. The number of aryl methyl sites for hydroxylation is 1. The monoisotopic (exact) mass is 216 g/mol. The molecule has 0 fully saturated rings. The molecule has 2 aromatic rings. The molecule has 0 spiro atoms. The van der Waals surface area contributed by atoms with Gasteiger partial charge in [0, 0.05) is 18.4 Å². The molecule has 0 bridgehead atoms. The van der Waals surface area contributed by atoms with Crippen molar-refractivity contribution in [3.63, 3.8) is 0 Å². The molecule has 16 heavy (non-hydrogen) atoms. The molecular weight excluding hydrogens is 204 g/mol. The third-order valence-electron chi connectivity index (χ3n) is 2.37. The number of benzene rings is 1. The quantitative estimate of drug-likeness (QED) is 0.763. The lowest BCUT2D eigenvalue weighted by atomic mass is 10.1. The lowest BCUT2D eigenvalue weighted by Crippen LogP contribution is -2.09. The highest BCUT2D eigenvalue weighted by atomic mass is 16.1. The lowest BCUT2D eigenvalue weighted by molar-refractivity contribution is -0.114. The van der Waals surface area contributed by atoms with E-state index in [1.807, 2.05) is 19.1 Å². The summed E-state index contributed by atoms with van der Waals surface area (Å²) in [4.78, 5) is 25.1. The van der Waals surface area contributed by atoms with Crippen molar-refractivity contribution in [1.82, 2.24) is 4.98 Å². The van der Waals surface area contributed by atoms with Gasteiger partial charge in [-0.25, -0.2) is 0 Å². The van der Waals surface area contributed by atoms with E-state index < -0.39 is 0 Å². The average molecular weight is 216 g/mol. The topological polar surface area (TPSA) is 62.0 Å². The van der Waals surface area contributed by atoms with Crippen molar-refractivity contribution in [3.05, 3.63) is 40.2 Å². The van der Waals surface area contributed by atoms with Crippen molar-refractivity contribution in [3.8, 4) is 0 Å². The van der Waals surface area contributed by atoms with Gasteiger partial charge in [0.1, 0.15) is 0 Å². The van der Waals surface area contributed by atoms with Crippen LogP contribution >= 0.6 is 0 Å². The molecule has 0 saturated carbocycles. The van der Waals surface area contributed by atoms with Crippen molar-refractivity contribution >= 4 is 22.5 Å². The Morgan fingerprint density at radius 1 is 1.38 bits per heavy atom. The van der Waals surface area contributed by atoms with Gasteiger partial charge < -0.3 is 10.3 Å². The van der Waals surface area contributed by atoms with Crippen LogP contribution in [0.5, 0.6) is 0 Å². The number of aromatic nitrogens is 1. The summed E-state index contributed by atoms with van der Waals surface area (Å²) in [5.41, 5.74) is 2.17. The number of H-pyrrole nitrogens is 1. The Labute approximate surface area is 92.3 Å². The smallest absolute Gasteiger partial charge is 0.248 e. The van der Waals surface area contributed by atoms with Gasteiger partial charge in [0.25, 0.3) is 0 Å². The minimum atomic E-state index is -0.134. The van der Waals surface area contributed by atoms with Crippen molar-refractivity contribution in [2.45, 2.75) is 13.8 Å². The second-order valence-electron chi connectivity index (χ2n) is 3.73. The van der Waals surface area contributed by atoms with Gasteiger partial charge in [-0.1, -0.05) is 6.07 Å². The summed E-state index contributed by atoms with van der Waals surface area (Å²) in [7, 11) is 0. The highest BCUT2D eigenvalue weighted by Crippen LogP contribution is 2.23. The molecule has 4 nitrogen and oxygen atoms in total. The number of hydrogen-bond acceptors (Lipinski definition) is 2. The summed E-state index contributed by atoms with van der Waals surface area (Å²) in [6, 6.07) is 6.95. The van der Waals surface area contributed by atoms with E-state index in [0.717, 1.165) is 22.2 Å². The first kappa shape index (κ1) is 10.4. The molecule has 0 aliphatic rings. The van der Waals surface area contributed by atoms with E-state index in [-0.39, 0.29) is 11.5 Å². The van der Waals surface area contributed by atoms with Gasteiger partial charge >= 0.3 is 0 Å². The van der Waals surface area contributed by atoms with Crippen LogP contribution in [0.2, 0.25) is 0 Å². The minimum Gasteiger partial charge on any atom is -0.326 e. The normalized spacial score (nSPS) is 10.4. The van der Waals surface area contributed by atoms with Crippen LogP contribution in [0.1, 0.15) is 12.5 Å². The predicted octanol–water partition coefficient (Wildman–Crippen LogP) is 1.79. The number of fused-ring (bicyclic) bond motifs is 1. The van der Waals surface area contributed by atoms with E-state index in [1.54, 1.807) is 6.07 Å². The van der Waals surface area contributed by atoms with Gasteiger partial charge in [0.2, 0.25) is 11.5 Å². The number of nitrogens with one attached hydrogen (secondary N) is 2. The van der Waals surface area contributed by atoms with Crippen molar-refractivity contribution in [2.24, 2.45) is 0 Å². The van der Waals surface area contributed by atoms with Gasteiger partial charge in [0.05, 0.1) is 11.2 Å². The molecule has 1 aromatic heterocycles. The molecule has 0 atom stereocenters. The van der Waals surface area contributed by atoms with Gasteiger partial charge in [-0.05, 0) is 24.6 Å².